The summed E-state index contributed by atoms with van der Waals surface area (Å²) in [5.74, 6) is 0.162. The number of rotatable bonds is 9. The summed E-state index contributed by atoms with van der Waals surface area (Å²) in [7, 11) is 1.92. The molecule has 2 N–H and O–H groups in total. The molecule has 0 saturated heterocycles. The summed E-state index contributed by atoms with van der Waals surface area (Å²) < 4.78 is 1.25. The van der Waals surface area contributed by atoms with Crippen LogP contribution in [0.3, 0.4) is 0 Å². The van der Waals surface area contributed by atoms with Crippen molar-refractivity contribution in [2.24, 2.45) is 0 Å². The summed E-state index contributed by atoms with van der Waals surface area (Å²) in [5.41, 5.74) is 1.08. The predicted octanol–water partition coefficient (Wildman–Crippen LogP) is 2.73. The van der Waals surface area contributed by atoms with E-state index in [9.17, 15) is 4.79 Å². The molecule has 0 aliphatic carbocycles. The van der Waals surface area contributed by atoms with Gasteiger partial charge in [-0.3, -0.25) is 4.79 Å². The van der Waals surface area contributed by atoms with E-state index in [0.29, 0.717) is 6.42 Å². The first-order valence-corrected chi connectivity index (χ1v) is 8.37. The lowest BCUT2D eigenvalue weighted by Gasteiger charge is -2.04. The van der Waals surface area contributed by atoms with Crippen LogP contribution < -0.4 is 10.6 Å². The monoisotopic (exact) mass is 305 g/mol. The van der Waals surface area contributed by atoms with Crippen molar-refractivity contribution >= 4 is 27.5 Å². The normalized spacial score (nSPS) is 10.9. The molecule has 1 aromatic carbocycles. The first kappa shape index (κ1) is 15.9. The van der Waals surface area contributed by atoms with Crippen molar-refractivity contribution in [3.05, 3.63) is 29.3 Å². The van der Waals surface area contributed by atoms with Crippen LogP contribution in [0.15, 0.2) is 24.3 Å². The molecule has 0 atom stereocenters. The molecule has 2 aromatic rings. The molecule has 0 unspecified atom stereocenters. The largest absolute Gasteiger partial charge is 0.356 e. The molecule has 1 heterocycles. The van der Waals surface area contributed by atoms with E-state index in [1.54, 1.807) is 11.3 Å². The van der Waals surface area contributed by atoms with Crippen molar-refractivity contribution in [2.45, 2.75) is 32.1 Å². The summed E-state index contributed by atoms with van der Waals surface area (Å²) >= 11 is 1.76. The number of amides is 1. The zero-order valence-electron chi connectivity index (χ0n) is 12.5. The van der Waals surface area contributed by atoms with E-state index in [1.165, 1.54) is 9.71 Å². The highest BCUT2D eigenvalue weighted by molar-refractivity contribution is 7.18. The van der Waals surface area contributed by atoms with Crippen molar-refractivity contribution < 1.29 is 4.79 Å². The number of nitrogens with one attached hydrogen (secondary N) is 2. The molecule has 4 nitrogen and oxygen atoms in total. The number of fused-ring (bicyclic) bond motifs is 1. The van der Waals surface area contributed by atoms with E-state index in [4.69, 9.17) is 0 Å². The minimum atomic E-state index is 0.162. The minimum Gasteiger partial charge on any atom is -0.356 e. The van der Waals surface area contributed by atoms with Gasteiger partial charge in [0.25, 0.3) is 0 Å². The van der Waals surface area contributed by atoms with Crippen molar-refractivity contribution in [3.8, 4) is 0 Å². The zero-order valence-corrected chi connectivity index (χ0v) is 13.3. The van der Waals surface area contributed by atoms with Crippen LogP contribution in [0, 0.1) is 0 Å². The molecule has 1 aromatic heterocycles. The highest BCUT2D eigenvalue weighted by Crippen LogP contribution is 2.22. The third kappa shape index (κ3) is 5.44. The highest BCUT2D eigenvalue weighted by atomic mass is 32.1. The van der Waals surface area contributed by atoms with E-state index in [-0.39, 0.29) is 5.91 Å². The second-order valence-electron chi connectivity index (χ2n) is 5.09. The highest BCUT2D eigenvalue weighted by Gasteiger charge is 2.04. The zero-order chi connectivity index (χ0) is 14.9. The van der Waals surface area contributed by atoms with Gasteiger partial charge < -0.3 is 10.6 Å². The number of para-hydroxylation sites is 1. The lowest BCUT2D eigenvalue weighted by atomic mass is 10.2. The Kier molecular flexibility index (Phi) is 6.63. The third-order valence-electron chi connectivity index (χ3n) is 3.31. The Morgan fingerprint density at radius 1 is 1.19 bits per heavy atom. The standard InChI is InChI=1S/C16H23N3OS/c1-17-11-6-12-18-15(20)9-4-5-10-16-19-13-7-2-3-8-14(13)21-16/h2-3,7-8,17H,4-6,9-12H2,1H3,(H,18,20). The summed E-state index contributed by atoms with van der Waals surface area (Å²) in [4.78, 5) is 16.2. The van der Waals surface area contributed by atoms with Gasteiger partial charge in [0.05, 0.1) is 15.2 Å². The van der Waals surface area contributed by atoms with Gasteiger partial charge in [-0.2, -0.15) is 0 Å². The van der Waals surface area contributed by atoms with Crippen LogP contribution in [0.4, 0.5) is 0 Å². The van der Waals surface area contributed by atoms with Crippen LogP contribution in [0.25, 0.3) is 10.2 Å². The van der Waals surface area contributed by atoms with Crippen LogP contribution in [0.2, 0.25) is 0 Å². The fraction of sp³-hybridized carbons (Fsp3) is 0.500. The second kappa shape index (κ2) is 8.74. The van der Waals surface area contributed by atoms with Gasteiger partial charge >= 0.3 is 0 Å². The van der Waals surface area contributed by atoms with Crippen molar-refractivity contribution in [1.29, 1.82) is 0 Å². The Bertz CT molecular complexity index is 534. The van der Waals surface area contributed by atoms with E-state index < -0.39 is 0 Å². The van der Waals surface area contributed by atoms with Crippen LogP contribution in [0.5, 0.6) is 0 Å². The number of aryl methyl sites for hydroxylation is 1. The first-order chi connectivity index (χ1) is 10.3. The number of nitrogens with zero attached hydrogens (tertiary/aromatic N) is 1. The van der Waals surface area contributed by atoms with Gasteiger partial charge in [-0.1, -0.05) is 12.1 Å². The number of unbranched alkanes of at least 4 members (excludes halogenated alkanes) is 1. The molecule has 0 spiro atoms. The summed E-state index contributed by atoms with van der Waals surface area (Å²) in [6.45, 7) is 1.70. The van der Waals surface area contributed by atoms with Gasteiger partial charge in [-0.25, -0.2) is 4.98 Å². The van der Waals surface area contributed by atoms with Crippen LogP contribution in [-0.4, -0.2) is 31.0 Å². The molecule has 1 amide bonds. The molecule has 0 fully saturated rings. The molecule has 0 radical (unpaired) electrons. The lowest BCUT2D eigenvalue weighted by molar-refractivity contribution is -0.121. The Morgan fingerprint density at radius 2 is 2.05 bits per heavy atom. The van der Waals surface area contributed by atoms with Crippen molar-refractivity contribution in [3.63, 3.8) is 0 Å². The van der Waals surface area contributed by atoms with Gasteiger partial charge in [0.1, 0.15) is 0 Å². The Morgan fingerprint density at radius 3 is 2.86 bits per heavy atom. The van der Waals surface area contributed by atoms with E-state index in [0.717, 1.165) is 44.3 Å². The number of hydrogen-bond donors (Lipinski definition) is 2. The average molecular weight is 305 g/mol. The molecule has 0 saturated carbocycles. The topological polar surface area (TPSA) is 54.0 Å². The molecule has 0 bridgehead atoms. The fourth-order valence-electron chi connectivity index (χ4n) is 2.17. The number of benzene rings is 1. The fourth-order valence-corrected chi connectivity index (χ4v) is 3.18. The molecule has 114 valence electrons. The van der Waals surface area contributed by atoms with Gasteiger partial charge in [0, 0.05) is 13.0 Å². The maximum atomic E-state index is 11.6. The maximum Gasteiger partial charge on any atom is 0.219 e. The minimum absolute atomic E-state index is 0.162. The Labute approximate surface area is 130 Å². The second-order valence-corrected chi connectivity index (χ2v) is 6.20. The quantitative estimate of drug-likeness (QED) is 0.700. The van der Waals surface area contributed by atoms with E-state index >= 15 is 0 Å². The number of carbonyl (C=O) groups is 1. The predicted molar refractivity (Wildman–Crippen MR) is 88.7 cm³/mol. The molecular formula is C16H23N3OS. The van der Waals surface area contributed by atoms with Crippen molar-refractivity contribution in [2.75, 3.05) is 20.1 Å². The van der Waals surface area contributed by atoms with Gasteiger partial charge in [-0.05, 0) is 51.4 Å². The lowest BCUT2D eigenvalue weighted by Crippen LogP contribution is -2.26. The molecule has 21 heavy (non-hydrogen) atoms. The molecule has 5 heteroatoms. The van der Waals surface area contributed by atoms with Gasteiger partial charge in [0.15, 0.2) is 0 Å². The van der Waals surface area contributed by atoms with Crippen molar-refractivity contribution in [1.82, 2.24) is 15.6 Å². The Hall–Kier alpha value is -1.46. The van der Waals surface area contributed by atoms with E-state index in [1.807, 2.05) is 25.2 Å². The Balaban J connectivity index is 1.62. The smallest absolute Gasteiger partial charge is 0.219 e. The molecular weight excluding hydrogens is 282 g/mol. The average Bonchev–Trinajstić information content (AvgIpc) is 2.91. The number of aromatic nitrogens is 1. The van der Waals surface area contributed by atoms with Crippen LogP contribution in [0.1, 0.15) is 30.7 Å². The van der Waals surface area contributed by atoms with Gasteiger partial charge in [-0.15, -0.1) is 11.3 Å². The molecule has 0 aliphatic heterocycles. The summed E-state index contributed by atoms with van der Waals surface area (Å²) in [5, 5.41) is 7.18. The first-order valence-electron chi connectivity index (χ1n) is 7.55. The van der Waals surface area contributed by atoms with Crippen LogP contribution in [-0.2, 0) is 11.2 Å². The van der Waals surface area contributed by atoms with E-state index in [2.05, 4.69) is 21.7 Å². The molecule has 2 rings (SSSR count). The summed E-state index contributed by atoms with van der Waals surface area (Å²) in [6.07, 6.45) is 4.50. The number of carbonyl (C=O) groups excluding carboxylic acids is 1. The maximum absolute atomic E-state index is 11.6. The van der Waals surface area contributed by atoms with Crippen LogP contribution >= 0.6 is 11.3 Å². The molecule has 0 aliphatic rings. The SMILES string of the molecule is CNCCCNC(=O)CCCCc1nc2ccccc2s1. The van der Waals surface area contributed by atoms with Gasteiger partial charge in [0.2, 0.25) is 5.91 Å². The number of thiazole rings is 1. The summed E-state index contributed by atoms with van der Waals surface area (Å²) in [6, 6.07) is 8.22. The third-order valence-corrected chi connectivity index (χ3v) is 4.40. The number of hydrogen-bond acceptors (Lipinski definition) is 4.